The van der Waals surface area contributed by atoms with Crippen molar-refractivity contribution >= 4 is 29.8 Å². The molecule has 0 aliphatic carbocycles. The number of isocyanates is 2. The van der Waals surface area contributed by atoms with Crippen LogP contribution < -0.4 is 0 Å². The molecule has 0 heterocycles. The molecule has 0 saturated carbocycles. The molecule has 0 aromatic heterocycles. The second-order valence-electron chi connectivity index (χ2n) is 1.97. The summed E-state index contributed by atoms with van der Waals surface area (Å²) in [6.07, 6.45) is 2.84. The number of hydrogen-bond acceptors (Lipinski definition) is 5. The van der Waals surface area contributed by atoms with Gasteiger partial charge in [0.1, 0.15) is 0 Å². The Morgan fingerprint density at radius 1 is 1.08 bits per heavy atom. The van der Waals surface area contributed by atoms with Crippen molar-refractivity contribution in [1.29, 1.82) is 0 Å². The molecule has 0 fully saturated rings. The van der Waals surface area contributed by atoms with Crippen LogP contribution in [-0.2, 0) is 9.59 Å². The van der Waals surface area contributed by atoms with Gasteiger partial charge in [0.2, 0.25) is 12.2 Å². The van der Waals surface area contributed by atoms with E-state index in [0.717, 1.165) is 16.8 Å². The van der Waals surface area contributed by atoms with Gasteiger partial charge >= 0.3 is 0 Å². The lowest BCUT2D eigenvalue weighted by molar-refractivity contribution is 0.565. The monoisotopic (exact) mass is 192 g/mol. The lowest BCUT2D eigenvalue weighted by Gasteiger charge is -1.92. The summed E-state index contributed by atoms with van der Waals surface area (Å²) in [6, 6.07) is 6.66. The quantitative estimate of drug-likeness (QED) is 0.418. The van der Waals surface area contributed by atoms with Crippen LogP contribution in [0.15, 0.2) is 38.6 Å². The van der Waals surface area contributed by atoms with Crippen LogP contribution in [0.25, 0.3) is 0 Å². The van der Waals surface area contributed by atoms with Crippen molar-refractivity contribution in [2.45, 2.75) is 4.90 Å². The highest BCUT2D eigenvalue weighted by Gasteiger charge is 1.92. The predicted molar refractivity (Wildman–Crippen MR) is 48.2 cm³/mol. The summed E-state index contributed by atoms with van der Waals surface area (Å²) in [6.45, 7) is 0. The number of hydrogen-bond donors (Lipinski definition) is 0. The smallest absolute Gasteiger partial charge is 0.211 e. The Kier molecular flexibility index (Phi) is 3.67. The molecular formula is C8H4N2O2S. The second kappa shape index (κ2) is 5.06. The van der Waals surface area contributed by atoms with Crippen molar-refractivity contribution in [1.82, 2.24) is 0 Å². The van der Waals surface area contributed by atoms with Gasteiger partial charge in [-0.3, -0.25) is 0 Å². The second-order valence-corrected chi connectivity index (χ2v) is 2.81. The summed E-state index contributed by atoms with van der Waals surface area (Å²) in [4.78, 5) is 23.8. The molecule has 1 rings (SSSR count). The molecule has 0 aliphatic heterocycles. The molecule has 0 atom stereocenters. The maximum Gasteiger partial charge on any atom is 0.247 e. The summed E-state index contributed by atoms with van der Waals surface area (Å²) < 4.78 is 3.32. The van der Waals surface area contributed by atoms with E-state index in [1.807, 2.05) is 0 Å². The molecule has 1 aromatic rings. The minimum Gasteiger partial charge on any atom is -0.211 e. The molecule has 64 valence electrons. The fraction of sp³-hybridized carbons (Fsp3) is 0. The Labute approximate surface area is 78.5 Å². The molecule has 4 nitrogen and oxygen atoms in total. The van der Waals surface area contributed by atoms with Crippen LogP contribution in [0.2, 0.25) is 0 Å². The molecular weight excluding hydrogens is 188 g/mol. The molecule has 5 heteroatoms. The highest BCUT2D eigenvalue weighted by atomic mass is 32.2. The normalized spacial score (nSPS) is 8.31. The predicted octanol–water partition coefficient (Wildman–Crippen LogP) is 2.00. The minimum absolute atomic E-state index is 0.523. The number of benzene rings is 1. The van der Waals surface area contributed by atoms with E-state index in [9.17, 15) is 9.59 Å². The molecule has 0 saturated heterocycles. The minimum atomic E-state index is 0.523. The molecule has 1 aromatic carbocycles. The molecule has 0 bridgehead atoms. The standard InChI is InChI=1S/C8H4N2O2S/c11-5-9-7-1-3-8(4-2-7)13-10-6-12/h1-4H. The van der Waals surface area contributed by atoms with Gasteiger partial charge in [0.15, 0.2) is 0 Å². The highest BCUT2D eigenvalue weighted by molar-refractivity contribution is 7.98. The summed E-state index contributed by atoms with van der Waals surface area (Å²) >= 11 is 1.01. The summed E-state index contributed by atoms with van der Waals surface area (Å²) in [5.74, 6) is 0. The van der Waals surface area contributed by atoms with Crippen LogP contribution in [-0.4, -0.2) is 12.2 Å². The van der Waals surface area contributed by atoms with E-state index < -0.39 is 0 Å². The average Bonchev–Trinajstić information content (AvgIpc) is 2.17. The number of aliphatic imine (C=N–C) groups is 1. The maximum atomic E-state index is 9.86. The van der Waals surface area contributed by atoms with Gasteiger partial charge in [0.05, 0.1) is 5.69 Å². The van der Waals surface area contributed by atoms with E-state index in [0.29, 0.717) is 5.69 Å². The summed E-state index contributed by atoms with van der Waals surface area (Å²) in [7, 11) is 0. The lowest BCUT2D eigenvalue weighted by atomic mass is 10.3. The fourth-order valence-corrected chi connectivity index (χ4v) is 1.11. The first-order valence-corrected chi connectivity index (χ1v) is 4.06. The largest absolute Gasteiger partial charge is 0.247 e. The topological polar surface area (TPSA) is 58.9 Å². The van der Waals surface area contributed by atoms with Gasteiger partial charge in [0, 0.05) is 16.8 Å². The summed E-state index contributed by atoms with van der Waals surface area (Å²) in [5.41, 5.74) is 0.523. The first-order chi connectivity index (χ1) is 6.36. The third kappa shape index (κ3) is 3.05. The lowest BCUT2D eigenvalue weighted by Crippen LogP contribution is -1.67. The Balaban J connectivity index is 2.80. The number of rotatable bonds is 3. The molecule has 0 spiro atoms. The van der Waals surface area contributed by atoms with Gasteiger partial charge in [0.25, 0.3) is 0 Å². The van der Waals surface area contributed by atoms with Crippen molar-refractivity contribution < 1.29 is 9.59 Å². The van der Waals surface area contributed by atoms with Crippen molar-refractivity contribution in [3.05, 3.63) is 24.3 Å². The van der Waals surface area contributed by atoms with Gasteiger partial charge in [-0.05, 0) is 24.3 Å². The molecule has 13 heavy (non-hydrogen) atoms. The number of nitrogens with zero attached hydrogens (tertiary/aromatic N) is 2. The van der Waals surface area contributed by atoms with E-state index in [2.05, 4.69) is 9.39 Å². The van der Waals surface area contributed by atoms with Crippen LogP contribution in [0.5, 0.6) is 0 Å². The Morgan fingerprint density at radius 3 is 2.31 bits per heavy atom. The Hall–Kier alpha value is -1.67. The average molecular weight is 192 g/mol. The van der Waals surface area contributed by atoms with Crippen LogP contribution >= 0.6 is 11.9 Å². The Morgan fingerprint density at radius 2 is 1.77 bits per heavy atom. The van der Waals surface area contributed by atoms with E-state index >= 15 is 0 Å². The van der Waals surface area contributed by atoms with Gasteiger partial charge in [-0.1, -0.05) is 0 Å². The third-order valence-corrected chi connectivity index (χ3v) is 1.85. The molecule has 0 unspecified atom stereocenters. The molecule has 0 radical (unpaired) electrons. The van der Waals surface area contributed by atoms with Crippen LogP contribution in [0.3, 0.4) is 0 Å². The SMILES string of the molecule is O=C=NSc1ccc(N=C=O)cc1. The van der Waals surface area contributed by atoms with E-state index in [-0.39, 0.29) is 0 Å². The molecule has 0 N–H and O–H groups in total. The molecule has 0 aliphatic rings. The van der Waals surface area contributed by atoms with E-state index in [1.54, 1.807) is 24.3 Å². The van der Waals surface area contributed by atoms with Crippen LogP contribution in [0, 0.1) is 0 Å². The van der Waals surface area contributed by atoms with E-state index in [1.165, 1.54) is 12.2 Å². The zero-order chi connectivity index (χ0) is 9.52. The highest BCUT2D eigenvalue weighted by Crippen LogP contribution is 2.21. The van der Waals surface area contributed by atoms with Gasteiger partial charge in [-0.25, -0.2) is 9.59 Å². The first-order valence-electron chi connectivity index (χ1n) is 3.29. The molecule has 0 amide bonds. The first kappa shape index (κ1) is 9.42. The fourth-order valence-electron chi connectivity index (χ4n) is 0.706. The maximum absolute atomic E-state index is 9.86. The van der Waals surface area contributed by atoms with Crippen molar-refractivity contribution in [2.24, 2.45) is 9.39 Å². The van der Waals surface area contributed by atoms with Gasteiger partial charge in [-0.2, -0.15) is 4.99 Å². The summed E-state index contributed by atoms with van der Waals surface area (Å²) in [5, 5.41) is 0. The third-order valence-electron chi connectivity index (χ3n) is 1.20. The van der Waals surface area contributed by atoms with E-state index in [4.69, 9.17) is 0 Å². The van der Waals surface area contributed by atoms with Gasteiger partial charge in [-0.15, -0.1) is 4.40 Å². The van der Waals surface area contributed by atoms with Crippen molar-refractivity contribution in [3.63, 3.8) is 0 Å². The van der Waals surface area contributed by atoms with Crippen molar-refractivity contribution in [2.75, 3.05) is 0 Å². The van der Waals surface area contributed by atoms with Crippen LogP contribution in [0.4, 0.5) is 5.69 Å². The van der Waals surface area contributed by atoms with Crippen LogP contribution in [0.1, 0.15) is 0 Å². The zero-order valence-corrected chi connectivity index (χ0v) is 7.25. The van der Waals surface area contributed by atoms with Gasteiger partial charge < -0.3 is 0 Å². The van der Waals surface area contributed by atoms with Crippen molar-refractivity contribution in [3.8, 4) is 0 Å². The zero-order valence-electron chi connectivity index (χ0n) is 6.43. The Bertz CT molecular complexity index is 376. The number of carbonyl (C=O) groups excluding carboxylic acids is 2.